The summed E-state index contributed by atoms with van der Waals surface area (Å²) in [4.78, 5) is 61.3. The Bertz CT molecular complexity index is 1090. The van der Waals surface area contributed by atoms with Gasteiger partial charge >= 0.3 is 11.9 Å². The first-order valence-electron chi connectivity index (χ1n) is 7.98. The predicted molar refractivity (Wildman–Crippen MR) is 114 cm³/mol. The van der Waals surface area contributed by atoms with Crippen LogP contribution in [0.25, 0.3) is 0 Å². The number of amides is 3. The number of nitrogens with one attached hydrogen (secondary N) is 1. The van der Waals surface area contributed by atoms with Crippen molar-refractivity contribution in [3.8, 4) is 0 Å². The molecule has 1 aliphatic heterocycles. The van der Waals surface area contributed by atoms with E-state index in [0.717, 1.165) is 4.90 Å². The highest BCUT2D eigenvalue weighted by Crippen LogP contribution is 2.42. The van der Waals surface area contributed by atoms with Gasteiger partial charge < -0.3 is 15.5 Å². The first-order valence-corrected chi connectivity index (χ1v) is 10.4. The third kappa shape index (κ3) is 3.66. The van der Waals surface area contributed by atoms with E-state index in [9.17, 15) is 34.2 Å². The summed E-state index contributed by atoms with van der Waals surface area (Å²) >= 11 is 9.07. The molecule has 12 heteroatoms. The number of halogens is 3. The molecule has 154 valence electrons. The van der Waals surface area contributed by atoms with Crippen molar-refractivity contribution in [2.45, 2.75) is 0 Å². The Balaban J connectivity index is 1.95. The summed E-state index contributed by atoms with van der Waals surface area (Å²) in [6.45, 7) is -0.647. The van der Waals surface area contributed by atoms with Gasteiger partial charge in [-0.05, 0) is 59.9 Å². The van der Waals surface area contributed by atoms with Crippen LogP contribution in [0.2, 0.25) is 0 Å². The number of carbonyl (C=O) groups excluding carboxylic acids is 3. The van der Waals surface area contributed by atoms with Gasteiger partial charge in [0, 0.05) is 4.47 Å². The van der Waals surface area contributed by atoms with Crippen molar-refractivity contribution in [1.29, 1.82) is 0 Å². The highest BCUT2D eigenvalue weighted by molar-refractivity contribution is 9.11. The number of carbonyl (C=O) groups is 5. The van der Waals surface area contributed by atoms with Gasteiger partial charge in [0.1, 0.15) is 6.54 Å². The van der Waals surface area contributed by atoms with Crippen LogP contribution in [-0.4, -0.2) is 51.3 Å². The lowest BCUT2D eigenvalue weighted by atomic mass is 10.1. The average molecular weight is 605 g/mol. The van der Waals surface area contributed by atoms with Crippen molar-refractivity contribution in [1.82, 2.24) is 4.90 Å². The molecule has 0 bridgehead atoms. The van der Waals surface area contributed by atoms with Crippen LogP contribution >= 0.6 is 47.8 Å². The van der Waals surface area contributed by atoms with E-state index in [1.807, 2.05) is 0 Å². The number of benzene rings is 2. The molecule has 2 aromatic rings. The molecule has 1 aliphatic rings. The van der Waals surface area contributed by atoms with Gasteiger partial charge in [-0.2, -0.15) is 0 Å². The Labute approximate surface area is 193 Å². The van der Waals surface area contributed by atoms with Crippen molar-refractivity contribution in [2.75, 3.05) is 11.9 Å². The molecule has 0 saturated heterocycles. The van der Waals surface area contributed by atoms with Gasteiger partial charge in [0.25, 0.3) is 11.8 Å². The maximum absolute atomic E-state index is 12.6. The molecule has 3 N–H and O–H groups in total. The second-order valence-corrected chi connectivity index (χ2v) is 8.35. The fraction of sp³-hybridized carbons (Fsp3) is 0.0556. The standard InChI is InChI=1S/C18H9Br3N2O7/c19-11-9(17(27)28)12(20)14(13(21)10(11)18(29)30)22-8(24)5-23-15(25)6-3-1-2-4-7(6)16(23)26/h1-4H,5H2,(H,22,24)(H,27,28)(H,29,30). The summed E-state index contributed by atoms with van der Waals surface area (Å²) in [5.41, 5.74) is -0.682. The molecule has 0 unspecified atom stereocenters. The van der Waals surface area contributed by atoms with E-state index in [1.54, 1.807) is 12.1 Å². The Morgan fingerprint density at radius 1 is 0.833 bits per heavy atom. The number of carboxylic acids is 2. The smallest absolute Gasteiger partial charge is 0.338 e. The maximum atomic E-state index is 12.6. The van der Waals surface area contributed by atoms with Gasteiger partial charge in [-0.1, -0.05) is 12.1 Å². The summed E-state index contributed by atoms with van der Waals surface area (Å²) in [6.07, 6.45) is 0. The quantitative estimate of drug-likeness (QED) is 0.443. The van der Waals surface area contributed by atoms with E-state index in [2.05, 4.69) is 53.1 Å². The Hall–Kier alpha value is -2.57. The lowest BCUT2D eigenvalue weighted by Crippen LogP contribution is -2.37. The zero-order valence-electron chi connectivity index (χ0n) is 14.5. The molecule has 0 radical (unpaired) electrons. The number of carboxylic acid groups (broad SMARTS) is 2. The molecule has 3 rings (SSSR count). The molecular weight excluding hydrogens is 596 g/mol. The Kier molecular flexibility index (Phi) is 6.11. The number of rotatable bonds is 5. The number of fused-ring (bicyclic) bond motifs is 1. The zero-order valence-corrected chi connectivity index (χ0v) is 19.3. The van der Waals surface area contributed by atoms with Crippen molar-refractivity contribution < 1.29 is 34.2 Å². The van der Waals surface area contributed by atoms with Gasteiger partial charge in [0.2, 0.25) is 5.91 Å². The van der Waals surface area contributed by atoms with E-state index in [0.29, 0.717) is 0 Å². The summed E-state index contributed by atoms with van der Waals surface area (Å²) < 4.78 is -0.413. The average Bonchev–Trinajstić information content (AvgIpc) is 2.90. The minimum atomic E-state index is -1.44. The van der Waals surface area contributed by atoms with Crippen molar-refractivity contribution in [3.05, 3.63) is 59.9 Å². The molecular formula is C18H9Br3N2O7. The zero-order chi connectivity index (χ0) is 22.3. The molecule has 9 nitrogen and oxygen atoms in total. The number of hydrogen-bond acceptors (Lipinski definition) is 5. The van der Waals surface area contributed by atoms with Crippen LogP contribution in [0.15, 0.2) is 37.7 Å². The van der Waals surface area contributed by atoms with Crippen molar-refractivity contribution in [2.24, 2.45) is 0 Å². The molecule has 2 aromatic carbocycles. The highest BCUT2D eigenvalue weighted by atomic mass is 79.9. The second-order valence-electron chi connectivity index (χ2n) is 5.97. The van der Waals surface area contributed by atoms with Crippen LogP contribution in [-0.2, 0) is 4.79 Å². The molecule has 0 fully saturated rings. The third-order valence-electron chi connectivity index (χ3n) is 4.19. The molecule has 0 atom stereocenters. The number of imide groups is 1. The van der Waals surface area contributed by atoms with E-state index in [4.69, 9.17) is 0 Å². The number of anilines is 1. The number of hydrogen-bond donors (Lipinski definition) is 3. The SMILES string of the molecule is O=C(CN1C(=O)c2ccccc2C1=O)Nc1c(Br)c(C(=O)O)c(Br)c(C(=O)O)c1Br. The molecule has 30 heavy (non-hydrogen) atoms. The fourth-order valence-electron chi connectivity index (χ4n) is 2.85. The van der Waals surface area contributed by atoms with Crippen LogP contribution < -0.4 is 5.32 Å². The lowest BCUT2D eigenvalue weighted by Gasteiger charge is -2.18. The first kappa shape index (κ1) is 22.1. The molecule has 0 aliphatic carbocycles. The number of aromatic carboxylic acids is 2. The third-order valence-corrected chi connectivity index (χ3v) is 6.57. The Morgan fingerprint density at radius 2 is 1.27 bits per heavy atom. The van der Waals surface area contributed by atoms with Gasteiger partial charge in [-0.3, -0.25) is 19.3 Å². The summed E-state index contributed by atoms with van der Waals surface area (Å²) in [5, 5.41) is 21.2. The van der Waals surface area contributed by atoms with Gasteiger partial charge in [0.05, 0.1) is 36.9 Å². The van der Waals surface area contributed by atoms with E-state index in [1.165, 1.54) is 12.1 Å². The van der Waals surface area contributed by atoms with E-state index >= 15 is 0 Å². The van der Waals surface area contributed by atoms with Gasteiger partial charge in [-0.25, -0.2) is 9.59 Å². The molecule has 1 heterocycles. The molecule has 0 aromatic heterocycles. The minimum absolute atomic E-state index is 0.102. The lowest BCUT2D eigenvalue weighted by molar-refractivity contribution is -0.116. The second kappa shape index (κ2) is 8.28. The van der Waals surface area contributed by atoms with Crippen LogP contribution in [0.4, 0.5) is 5.69 Å². The minimum Gasteiger partial charge on any atom is -0.478 e. The molecule has 0 spiro atoms. The van der Waals surface area contributed by atoms with Crippen LogP contribution in [0.1, 0.15) is 41.4 Å². The van der Waals surface area contributed by atoms with Gasteiger partial charge in [0.15, 0.2) is 0 Å². The van der Waals surface area contributed by atoms with Gasteiger partial charge in [-0.15, -0.1) is 0 Å². The van der Waals surface area contributed by atoms with Crippen molar-refractivity contribution in [3.63, 3.8) is 0 Å². The Morgan fingerprint density at radius 3 is 1.67 bits per heavy atom. The molecule has 0 saturated carbocycles. The highest BCUT2D eigenvalue weighted by Gasteiger charge is 2.36. The number of nitrogens with zero attached hydrogens (tertiary/aromatic N) is 1. The molecule has 3 amide bonds. The van der Waals surface area contributed by atoms with Crippen LogP contribution in [0.5, 0.6) is 0 Å². The first-order chi connectivity index (χ1) is 14.1. The predicted octanol–water partition coefficient (Wildman–Crippen LogP) is 3.61. The van der Waals surface area contributed by atoms with Crippen LogP contribution in [0.3, 0.4) is 0 Å². The largest absolute Gasteiger partial charge is 0.478 e. The summed E-state index contributed by atoms with van der Waals surface area (Å²) in [6, 6.07) is 6.11. The fourth-order valence-corrected chi connectivity index (χ4v) is 5.72. The summed E-state index contributed by atoms with van der Waals surface area (Å²) in [5.74, 6) is -5.01. The van der Waals surface area contributed by atoms with E-state index in [-0.39, 0.29) is 30.2 Å². The van der Waals surface area contributed by atoms with E-state index < -0.39 is 47.3 Å². The maximum Gasteiger partial charge on any atom is 0.338 e. The normalized spacial score (nSPS) is 12.7. The van der Waals surface area contributed by atoms with Crippen LogP contribution in [0, 0.1) is 0 Å². The summed E-state index contributed by atoms with van der Waals surface area (Å²) in [7, 11) is 0. The topological polar surface area (TPSA) is 141 Å². The van der Waals surface area contributed by atoms with Crippen molar-refractivity contribution >= 4 is 83.1 Å². The monoisotopic (exact) mass is 602 g/mol.